The van der Waals surface area contributed by atoms with Crippen LogP contribution in [0.25, 0.3) is 0 Å². The first-order valence-electron chi connectivity index (χ1n) is 9.33. The molecule has 2 N–H and O–H groups in total. The molecular weight excluding hydrogens is 331 g/mol. The highest BCUT2D eigenvalue weighted by atomic mass is 19.1. The fourth-order valence-corrected chi connectivity index (χ4v) is 3.70. The van der Waals surface area contributed by atoms with Gasteiger partial charge in [-0.2, -0.15) is 0 Å². The lowest BCUT2D eigenvalue weighted by Crippen LogP contribution is -2.44. The van der Waals surface area contributed by atoms with E-state index in [1.54, 1.807) is 18.5 Å². The predicted octanol–water partition coefficient (Wildman–Crippen LogP) is 2.11. The van der Waals surface area contributed by atoms with Crippen LogP contribution in [0.15, 0.2) is 36.7 Å². The van der Waals surface area contributed by atoms with Gasteiger partial charge in [0.25, 0.3) is 0 Å². The first kappa shape index (κ1) is 17.0. The van der Waals surface area contributed by atoms with Crippen molar-refractivity contribution in [1.82, 2.24) is 15.3 Å². The number of halogens is 1. The number of hydrogen-bond donors (Lipinski definition) is 2. The largest absolute Gasteiger partial charge is 0.369 e. The SMILES string of the molecule is Fc1cccc(N2CCCC(Nc3cc(N4CCNCC4)ncn3)C2)c1. The summed E-state index contributed by atoms with van der Waals surface area (Å²) in [6, 6.07) is 9.16. The van der Waals surface area contributed by atoms with Crippen LogP contribution in [-0.4, -0.2) is 55.3 Å². The van der Waals surface area contributed by atoms with E-state index < -0.39 is 0 Å². The van der Waals surface area contributed by atoms with Crippen molar-refractivity contribution in [3.63, 3.8) is 0 Å². The summed E-state index contributed by atoms with van der Waals surface area (Å²) in [5.41, 5.74) is 0.945. The van der Waals surface area contributed by atoms with Crippen molar-refractivity contribution >= 4 is 17.3 Å². The number of rotatable bonds is 4. The lowest BCUT2D eigenvalue weighted by molar-refractivity contribution is 0.527. The fourth-order valence-electron chi connectivity index (χ4n) is 3.70. The van der Waals surface area contributed by atoms with Gasteiger partial charge in [0.2, 0.25) is 0 Å². The van der Waals surface area contributed by atoms with Crippen LogP contribution in [0.1, 0.15) is 12.8 Å². The Morgan fingerprint density at radius 2 is 1.96 bits per heavy atom. The molecule has 0 aliphatic carbocycles. The Kier molecular flexibility index (Phi) is 5.15. The van der Waals surface area contributed by atoms with Crippen LogP contribution in [0, 0.1) is 5.82 Å². The summed E-state index contributed by atoms with van der Waals surface area (Å²) in [7, 11) is 0. The van der Waals surface area contributed by atoms with Gasteiger partial charge >= 0.3 is 0 Å². The monoisotopic (exact) mass is 356 g/mol. The molecule has 7 heteroatoms. The van der Waals surface area contributed by atoms with Gasteiger partial charge in [-0.3, -0.25) is 0 Å². The van der Waals surface area contributed by atoms with E-state index in [1.165, 1.54) is 6.07 Å². The zero-order chi connectivity index (χ0) is 17.8. The van der Waals surface area contributed by atoms with Crippen molar-refractivity contribution in [2.45, 2.75) is 18.9 Å². The topological polar surface area (TPSA) is 56.3 Å². The Morgan fingerprint density at radius 1 is 1.08 bits per heavy atom. The van der Waals surface area contributed by atoms with Gasteiger partial charge < -0.3 is 20.4 Å². The predicted molar refractivity (Wildman–Crippen MR) is 102 cm³/mol. The van der Waals surface area contributed by atoms with Crippen LogP contribution in [0.5, 0.6) is 0 Å². The molecule has 3 heterocycles. The van der Waals surface area contributed by atoms with Crippen LogP contribution < -0.4 is 20.4 Å². The van der Waals surface area contributed by atoms with E-state index in [-0.39, 0.29) is 11.9 Å². The van der Waals surface area contributed by atoms with E-state index in [1.807, 2.05) is 12.1 Å². The van der Waals surface area contributed by atoms with Crippen LogP contribution in [0.2, 0.25) is 0 Å². The molecule has 0 amide bonds. The normalized spacial score (nSPS) is 20.9. The minimum atomic E-state index is -0.186. The number of hydrogen-bond acceptors (Lipinski definition) is 6. The Balaban J connectivity index is 1.42. The molecule has 6 nitrogen and oxygen atoms in total. The van der Waals surface area contributed by atoms with Crippen LogP contribution in [0.3, 0.4) is 0 Å². The quantitative estimate of drug-likeness (QED) is 0.875. The summed E-state index contributed by atoms with van der Waals surface area (Å²) in [6.07, 6.45) is 3.79. The van der Waals surface area contributed by atoms with Crippen molar-refractivity contribution < 1.29 is 4.39 Å². The highest BCUT2D eigenvalue weighted by molar-refractivity contribution is 5.51. The lowest BCUT2D eigenvalue weighted by Gasteiger charge is -2.35. The summed E-state index contributed by atoms with van der Waals surface area (Å²) in [5.74, 6) is 1.65. The van der Waals surface area contributed by atoms with E-state index in [0.717, 1.165) is 69.4 Å². The maximum absolute atomic E-state index is 13.5. The Morgan fingerprint density at radius 3 is 2.81 bits per heavy atom. The molecule has 0 spiro atoms. The Labute approximate surface area is 153 Å². The van der Waals surface area contributed by atoms with Crippen LogP contribution in [0.4, 0.5) is 21.7 Å². The van der Waals surface area contributed by atoms with Crippen molar-refractivity contribution in [3.8, 4) is 0 Å². The highest BCUT2D eigenvalue weighted by Crippen LogP contribution is 2.23. The Bertz CT molecular complexity index is 733. The average Bonchev–Trinajstić information content (AvgIpc) is 2.69. The van der Waals surface area contributed by atoms with Gasteiger partial charge in [-0.15, -0.1) is 0 Å². The van der Waals surface area contributed by atoms with E-state index in [0.29, 0.717) is 0 Å². The van der Waals surface area contributed by atoms with Gasteiger partial charge in [-0.05, 0) is 31.0 Å². The number of nitrogens with one attached hydrogen (secondary N) is 2. The smallest absolute Gasteiger partial charge is 0.134 e. The summed E-state index contributed by atoms with van der Waals surface area (Å²) >= 11 is 0. The van der Waals surface area contributed by atoms with E-state index in [9.17, 15) is 4.39 Å². The second-order valence-corrected chi connectivity index (χ2v) is 6.91. The van der Waals surface area contributed by atoms with Gasteiger partial charge in [0.15, 0.2) is 0 Å². The molecule has 138 valence electrons. The molecule has 1 aromatic carbocycles. The fraction of sp³-hybridized carbons (Fsp3) is 0.474. The minimum absolute atomic E-state index is 0.186. The maximum atomic E-state index is 13.5. The summed E-state index contributed by atoms with van der Waals surface area (Å²) in [4.78, 5) is 13.3. The molecule has 2 saturated heterocycles. The molecule has 0 saturated carbocycles. The maximum Gasteiger partial charge on any atom is 0.134 e. The molecule has 2 aromatic rings. The molecule has 1 atom stereocenters. The second-order valence-electron chi connectivity index (χ2n) is 6.91. The summed E-state index contributed by atoms with van der Waals surface area (Å²) < 4.78 is 13.5. The molecule has 26 heavy (non-hydrogen) atoms. The molecule has 1 unspecified atom stereocenters. The molecule has 0 bridgehead atoms. The van der Waals surface area contributed by atoms with Crippen molar-refractivity contribution in [2.75, 3.05) is 54.4 Å². The van der Waals surface area contributed by atoms with Gasteiger partial charge in [-0.25, -0.2) is 14.4 Å². The van der Waals surface area contributed by atoms with Gasteiger partial charge in [-0.1, -0.05) is 6.07 Å². The van der Waals surface area contributed by atoms with Gasteiger partial charge in [0.1, 0.15) is 23.8 Å². The third kappa shape index (κ3) is 4.04. The number of anilines is 3. The standard InChI is InChI=1S/C19H25FN6/c20-15-3-1-5-17(11-15)26-8-2-4-16(13-26)24-18-12-19(23-14-22-18)25-9-6-21-7-10-25/h1,3,5,11-12,14,16,21H,2,4,6-10,13H2,(H,22,23,24). The number of piperazine rings is 1. The number of nitrogens with zero attached hydrogens (tertiary/aromatic N) is 4. The molecule has 2 aliphatic rings. The van der Waals surface area contributed by atoms with Crippen molar-refractivity contribution in [1.29, 1.82) is 0 Å². The van der Waals surface area contributed by atoms with Crippen molar-refractivity contribution in [3.05, 3.63) is 42.5 Å². The third-order valence-corrected chi connectivity index (χ3v) is 5.04. The number of benzene rings is 1. The minimum Gasteiger partial charge on any atom is -0.369 e. The van der Waals surface area contributed by atoms with Gasteiger partial charge in [0.05, 0.1) is 0 Å². The van der Waals surface area contributed by atoms with E-state index >= 15 is 0 Å². The molecule has 1 aromatic heterocycles. The lowest BCUT2D eigenvalue weighted by atomic mass is 10.0. The number of piperidine rings is 1. The van der Waals surface area contributed by atoms with E-state index in [2.05, 4.69) is 30.4 Å². The molecule has 2 aliphatic heterocycles. The number of aromatic nitrogens is 2. The first-order valence-corrected chi connectivity index (χ1v) is 9.33. The molecular formula is C19H25FN6. The van der Waals surface area contributed by atoms with Crippen LogP contribution >= 0.6 is 0 Å². The molecule has 2 fully saturated rings. The zero-order valence-corrected chi connectivity index (χ0v) is 14.9. The van der Waals surface area contributed by atoms with Crippen LogP contribution in [-0.2, 0) is 0 Å². The highest BCUT2D eigenvalue weighted by Gasteiger charge is 2.21. The Hall–Kier alpha value is -2.41. The first-order chi connectivity index (χ1) is 12.8. The average molecular weight is 356 g/mol. The zero-order valence-electron chi connectivity index (χ0n) is 14.9. The molecule has 0 radical (unpaired) electrons. The second kappa shape index (κ2) is 7.86. The van der Waals surface area contributed by atoms with Crippen molar-refractivity contribution in [2.24, 2.45) is 0 Å². The summed E-state index contributed by atoms with van der Waals surface area (Å²) in [6.45, 7) is 5.70. The summed E-state index contributed by atoms with van der Waals surface area (Å²) in [5, 5.41) is 6.90. The van der Waals surface area contributed by atoms with E-state index in [4.69, 9.17) is 0 Å². The molecule has 4 rings (SSSR count). The van der Waals surface area contributed by atoms with Gasteiger partial charge in [0, 0.05) is 57.1 Å². The third-order valence-electron chi connectivity index (χ3n) is 5.04.